The SMILES string of the molecule is Nc1nc(NCc2cccc3ccccc23)c(N=O)c(=O)[nH]1. The highest BCUT2D eigenvalue weighted by Gasteiger charge is 2.11. The lowest BCUT2D eigenvalue weighted by atomic mass is 10.0. The van der Waals surface area contributed by atoms with Crippen LogP contribution in [0, 0.1) is 4.91 Å². The quantitative estimate of drug-likeness (QED) is 0.640. The number of hydrogen-bond acceptors (Lipinski definition) is 6. The van der Waals surface area contributed by atoms with E-state index < -0.39 is 5.56 Å². The third kappa shape index (κ3) is 2.51. The number of rotatable bonds is 4. The van der Waals surface area contributed by atoms with Crippen molar-refractivity contribution in [3.63, 3.8) is 0 Å². The highest BCUT2D eigenvalue weighted by atomic mass is 16.3. The molecule has 7 heteroatoms. The van der Waals surface area contributed by atoms with Crippen LogP contribution in [0.15, 0.2) is 52.4 Å². The minimum absolute atomic E-state index is 0.0715. The Morgan fingerprint density at radius 2 is 1.95 bits per heavy atom. The maximum Gasteiger partial charge on any atom is 0.284 e. The van der Waals surface area contributed by atoms with Gasteiger partial charge in [0.2, 0.25) is 11.6 Å². The van der Waals surface area contributed by atoms with Crippen molar-refractivity contribution >= 4 is 28.2 Å². The Bertz CT molecular complexity index is 899. The van der Waals surface area contributed by atoms with Gasteiger partial charge in [-0.15, -0.1) is 4.91 Å². The first-order chi connectivity index (χ1) is 10.7. The second kappa shape index (κ2) is 5.65. The summed E-state index contributed by atoms with van der Waals surface area (Å²) in [6, 6.07) is 13.9. The standard InChI is InChI=1S/C15H13N5O2/c16-15-18-13(12(20-22)14(21)19-15)17-8-10-6-3-5-9-4-1-2-7-11(9)10/h1-7H,8H2,(H4,16,17,18,19,21). The van der Waals surface area contributed by atoms with Crippen molar-refractivity contribution in [2.24, 2.45) is 5.18 Å². The van der Waals surface area contributed by atoms with Crippen LogP contribution in [-0.4, -0.2) is 9.97 Å². The molecule has 3 aromatic rings. The first-order valence-corrected chi connectivity index (χ1v) is 6.62. The van der Waals surface area contributed by atoms with Gasteiger partial charge in [-0.1, -0.05) is 42.5 Å². The van der Waals surface area contributed by atoms with Crippen LogP contribution in [-0.2, 0) is 6.54 Å². The van der Waals surface area contributed by atoms with Crippen LogP contribution in [0.3, 0.4) is 0 Å². The van der Waals surface area contributed by atoms with Crippen molar-refractivity contribution in [3.05, 3.63) is 63.3 Å². The van der Waals surface area contributed by atoms with Gasteiger partial charge >= 0.3 is 0 Å². The highest BCUT2D eigenvalue weighted by molar-refractivity contribution is 5.85. The average molecular weight is 295 g/mol. The molecule has 1 heterocycles. The van der Waals surface area contributed by atoms with Gasteiger partial charge in [0, 0.05) is 6.54 Å². The molecule has 7 nitrogen and oxygen atoms in total. The van der Waals surface area contributed by atoms with E-state index in [0.29, 0.717) is 6.54 Å². The van der Waals surface area contributed by atoms with Crippen molar-refractivity contribution in [2.45, 2.75) is 6.54 Å². The monoisotopic (exact) mass is 295 g/mol. The zero-order chi connectivity index (χ0) is 15.5. The molecule has 110 valence electrons. The van der Waals surface area contributed by atoms with Crippen molar-refractivity contribution in [3.8, 4) is 0 Å². The Labute approximate surface area is 125 Å². The molecule has 0 atom stereocenters. The maximum absolute atomic E-state index is 11.6. The molecule has 0 radical (unpaired) electrons. The summed E-state index contributed by atoms with van der Waals surface area (Å²) in [5.74, 6) is 0.00186. The van der Waals surface area contributed by atoms with Crippen LogP contribution in [0.5, 0.6) is 0 Å². The van der Waals surface area contributed by atoms with Crippen molar-refractivity contribution < 1.29 is 0 Å². The molecular weight excluding hydrogens is 282 g/mol. The molecule has 0 spiro atoms. The minimum atomic E-state index is -0.664. The fourth-order valence-corrected chi connectivity index (χ4v) is 2.32. The van der Waals surface area contributed by atoms with E-state index in [0.717, 1.165) is 16.3 Å². The molecule has 3 rings (SSSR count). The fraction of sp³-hybridized carbons (Fsp3) is 0.0667. The normalized spacial score (nSPS) is 10.5. The summed E-state index contributed by atoms with van der Waals surface area (Å²) >= 11 is 0. The van der Waals surface area contributed by atoms with Gasteiger partial charge < -0.3 is 11.1 Å². The van der Waals surface area contributed by atoms with Crippen LogP contribution in [0.1, 0.15) is 5.56 Å². The van der Waals surface area contributed by atoms with Gasteiger partial charge in [-0.05, 0) is 21.5 Å². The number of H-pyrrole nitrogens is 1. The summed E-state index contributed by atoms with van der Waals surface area (Å²) in [5, 5.41) is 7.85. The summed E-state index contributed by atoms with van der Waals surface area (Å²) in [7, 11) is 0. The van der Waals surface area contributed by atoms with Crippen LogP contribution in [0.25, 0.3) is 10.8 Å². The largest absolute Gasteiger partial charge is 0.369 e. The summed E-state index contributed by atoms with van der Waals surface area (Å²) < 4.78 is 0. The molecule has 0 aliphatic heterocycles. The lowest BCUT2D eigenvalue weighted by Crippen LogP contribution is -2.14. The van der Waals surface area contributed by atoms with Gasteiger partial charge in [0.1, 0.15) is 0 Å². The Morgan fingerprint density at radius 3 is 2.77 bits per heavy atom. The molecule has 0 amide bonds. The molecule has 0 fully saturated rings. The molecule has 0 aliphatic carbocycles. The molecular formula is C15H13N5O2. The number of nitrogens with zero attached hydrogens (tertiary/aromatic N) is 2. The van der Waals surface area contributed by atoms with Crippen LogP contribution in [0.4, 0.5) is 17.5 Å². The van der Waals surface area contributed by atoms with E-state index in [1.54, 1.807) is 0 Å². The van der Waals surface area contributed by atoms with Crippen molar-refractivity contribution in [1.29, 1.82) is 0 Å². The summed E-state index contributed by atoms with van der Waals surface area (Å²) in [6.45, 7) is 0.389. The number of benzene rings is 2. The molecule has 0 saturated heterocycles. The Hall–Kier alpha value is -3.22. The number of fused-ring (bicyclic) bond motifs is 1. The maximum atomic E-state index is 11.6. The number of nitrogens with one attached hydrogen (secondary N) is 2. The number of aromatic amines is 1. The molecule has 4 N–H and O–H groups in total. The Kier molecular flexibility index (Phi) is 3.53. The lowest BCUT2D eigenvalue weighted by Gasteiger charge is -2.09. The molecule has 0 aliphatic rings. The second-order valence-electron chi connectivity index (χ2n) is 4.73. The van der Waals surface area contributed by atoms with E-state index in [1.165, 1.54) is 0 Å². The fourth-order valence-electron chi connectivity index (χ4n) is 2.32. The topological polar surface area (TPSA) is 113 Å². The van der Waals surface area contributed by atoms with E-state index in [9.17, 15) is 9.70 Å². The second-order valence-corrected chi connectivity index (χ2v) is 4.73. The van der Waals surface area contributed by atoms with E-state index in [-0.39, 0.29) is 17.5 Å². The van der Waals surface area contributed by atoms with Gasteiger partial charge in [-0.25, -0.2) is 0 Å². The van der Waals surface area contributed by atoms with E-state index >= 15 is 0 Å². The predicted octanol–water partition coefficient (Wildman–Crippen LogP) is 2.52. The summed E-state index contributed by atoms with van der Waals surface area (Å²) in [6.07, 6.45) is 0. The first-order valence-electron chi connectivity index (χ1n) is 6.62. The van der Waals surface area contributed by atoms with Gasteiger partial charge in [0.25, 0.3) is 5.56 Å². The zero-order valence-electron chi connectivity index (χ0n) is 11.5. The zero-order valence-corrected chi connectivity index (χ0v) is 11.5. The molecule has 2 aromatic carbocycles. The van der Waals surface area contributed by atoms with Crippen molar-refractivity contribution in [2.75, 3.05) is 11.1 Å². The van der Waals surface area contributed by atoms with Gasteiger partial charge in [0.15, 0.2) is 5.82 Å². The van der Waals surface area contributed by atoms with Gasteiger partial charge in [-0.2, -0.15) is 4.98 Å². The minimum Gasteiger partial charge on any atom is -0.369 e. The van der Waals surface area contributed by atoms with Crippen LogP contribution < -0.4 is 16.6 Å². The Morgan fingerprint density at radius 1 is 1.18 bits per heavy atom. The molecule has 1 aromatic heterocycles. The van der Waals surface area contributed by atoms with Gasteiger partial charge in [-0.3, -0.25) is 9.78 Å². The van der Waals surface area contributed by atoms with Crippen molar-refractivity contribution in [1.82, 2.24) is 9.97 Å². The summed E-state index contributed by atoms with van der Waals surface area (Å²) in [4.78, 5) is 28.6. The lowest BCUT2D eigenvalue weighted by molar-refractivity contribution is 1.07. The van der Waals surface area contributed by atoms with Crippen LogP contribution in [0.2, 0.25) is 0 Å². The number of hydrogen-bond donors (Lipinski definition) is 3. The van der Waals surface area contributed by atoms with E-state index in [1.807, 2.05) is 42.5 Å². The van der Waals surface area contributed by atoms with E-state index in [4.69, 9.17) is 5.73 Å². The number of nitrogen functional groups attached to an aromatic ring is 1. The van der Waals surface area contributed by atoms with E-state index in [2.05, 4.69) is 20.5 Å². The number of nitrogens with two attached hydrogens (primary N) is 1. The predicted molar refractivity (Wildman–Crippen MR) is 86.0 cm³/mol. The molecule has 22 heavy (non-hydrogen) atoms. The molecule has 0 saturated carbocycles. The molecule has 0 bridgehead atoms. The third-order valence-corrected chi connectivity index (χ3v) is 3.33. The first kappa shape index (κ1) is 13.7. The smallest absolute Gasteiger partial charge is 0.284 e. The number of nitroso groups, excluding NO2 is 1. The number of aromatic nitrogens is 2. The number of anilines is 2. The Balaban J connectivity index is 1.95. The molecule has 0 unspecified atom stereocenters. The average Bonchev–Trinajstić information content (AvgIpc) is 2.52. The third-order valence-electron chi connectivity index (χ3n) is 3.33. The summed E-state index contributed by atoms with van der Waals surface area (Å²) in [5.41, 5.74) is 5.53. The highest BCUT2D eigenvalue weighted by Crippen LogP contribution is 2.22. The van der Waals surface area contributed by atoms with Crippen LogP contribution >= 0.6 is 0 Å². The van der Waals surface area contributed by atoms with Gasteiger partial charge in [0.05, 0.1) is 0 Å².